The van der Waals surface area contributed by atoms with Gasteiger partial charge in [-0.05, 0) is 55.3 Å². The van der Waals surface area contributed by atoms with E-state index in [1.807, 2.05) is 36.1 Å². The van der Waals surface area contributed by atoms with Crippen LogP contribution in [0.2, 0.25) is 0 Å². The first-order chi connectivity index (χ1) is 15.1. The summed E-state index contributed by atoms with van der Waals surface area (Å²) in [6.45, 7) is 4.05. The molecule has 31 heavy (non-hydrogen) atoms. The van der Waals surface area contributed by atoms with Crippen molar-refractivity contribution in [2.45, 2.75) is 32.2 Å². The summed E-state index contributed by atoms with van der Waals surface area (Å²) < 4.78 is 11.2. The Balaban J connectivity index is 1.48. The van der Waals surface area contributed by atoms with Gasteiger partial charge in [0.15, 0.2) is 0 Å². The molecule has 2 amide bonds. The van der Waals surface area contributed by atoms with Crippen LogP contribution < -0.4 is 4.74 Å². The smallest absolute Gasteiger partial charge is 0.242 e. The molecular formula is C24H30N2O4S. The van der Waals surface area contributed by atoms with Crippen molar-refractivity contribution in [2.24, 2.45) is 5.92 Å². The molecule has 2 heterocycles. The molecule has 4 rings (SSSR count). The SMILES string of the molecule is COCCN(CC(=O)N1CCc2sccc2C1COc1ccc(C)cc1)C(=O)C1CC1. The first-order valence-corrected chi connectivity index (χ1v) is 11.8. The van der Waals surface area contributed by atoms with E-state index in [2.05, 4.69) is 11.4 Å². The summed E-state index contributed by atoms with van der Waals surface area (Å²) in [5, 5.41) is 2.08. The Bertz CT molecular complexity index is 907. The predicted octanol–water partition coefficient (Wildman–Crippen LogP) is 3.45. The number of fused-ring (bicyclic) bond motifs is 1. The van der Waals surface area contributed by atoms with Gasteiger partial charge in [-0.25, -0.2) is 0 Å². The van der Waals surface area contributed by atoms with Crippen molar-refractivity contribution in [3.63, 3.8) is 0 Å². The highest BCUT2D eigenvalue weighted by atomic mass is 32.1. The average molecular weight is 443 g/mol. The van der Waals surface area contributed by atoms with Gasteiger partial charge in [-0.15, -0.1) is 11.3 Å². The molecule has 6 nitrogen and oxygen atoms in total. The van der Waals surface area contributed by atoms with E-state index < -0.39 is 0 Å². The maximum Gasteiger partial charge on any atom is 0.242 e. The maximum absolute atomic E-state index is 13.4. The van der Waals surface area contributed by atoms with Crippen LogP contribution >= 0.6 is 11.3 Å². The van der Waals surface area contributed by atoms with Crippen LogP contribution in [-0.4, -0.2) is 61.6 Å². The van der Waals surface area contributed by atoms with E-state index in [1.165, 1.54) is 10.4 Å². The van der Waals surface area contributed by atoms with Crippen LogP contribution in [0.25, 0.3) is 0 Å². The summed E-state index contributed by atoms with van der Waals surface area (Å²) in [5.74, 6) is 0.923. The van der Waals surface area contributed by atoms with Crippen LogP contribution in [0, 0.1) is 12.8 Å². The molecule has 0 radical (unpaired) electrons. The van der Waals surface area contributed by atoms with E-state index in [0.29, 0.717) is 26.3 Å². The van der Waals surface area contributed by atoms with E-state index in [-0.39, 0.29) is 30.3 Å². The van der Waals surface area contributed by atoms with Gasteiger partial charge in [0.2, 0.25) is 11.8 Å². The summed E-state index contributed by atoms with van der Waals surface area (Å²) in [6, 6.07) is 9.91. The lowest BCUT2D eigenvalue weighted by Gasteiger charge is -2.37. The normalized spacial score (nSPS) is 17.9. The summed E-state index contributed by atoms with van der Waals surface area (Å²) in [6.07, 6.45) is 2.69. The van der Waals surface area contributed by atoms with Crippen LogP contribution in [0.1, 0.15) is 34.9 Å². The number of methoxy groups -OCH3 is 1. The second-order valence-corrected chi connectivity index (χ2v) is 9.30. The largest absolute Gasteiger partial charge is 0.491 e. The highest BCUT2D eigenvalue weighted by Crippen LogP contribution is 2.35. The van der Waals surface area contributed by atoms with Crippen molar-refractivity contribution in [2.75, 3.05) is 40.0 Å². The van der Waals surface area contributed by atoms with Crippen LogP contribution in [0.4, 0.5) is 0 Å². The van der Waals surface area contributed by atoms with Gasteiger partial charge in [0, 0.05) is 31.0 Å². The number of rotatable bonds is 9. The first-order valence-electron chi connectivity index (χ1n) is 10.9. The number of carbonyl (C=O) groups excluding carboxylic acids is 2. The molecule has 0 saturated heterocycles. The van der Waals surface area contributed by atoms with Crippen molar-refractivity contribution in [3.05, 3.63) is 51.7 Å². The first kappa shape index (κ1) is 21.8. The topological polar surface area (TPSA) is 59.1 Å². The number of nitrogens with zero attached hydrogens (tertiary/aromatic N) is 2. The molecule has 0 spiro atoms. The molecule has 1 fully saturated rings. The molecule has 2 aromatic rings. The van der Waals surface area contributed by atoms with Crippen LogP contribution in [-0.2, 0) is 20.7 Å². The van der Waals surface area contributed by atoms with Gasteiger partial charge in [0.1, 0.15) is 12.4 Å². The molecule has 1 aliphatic heterocycles. The second kappa shape index (κ2) is 9.83. The fourth-order valence-electron chi connectivity index (χ4n) is 4.00. The summed E-state index contributed by atoms with van der Waals surface area (Å²) >= 11 is 1.73. The minimum Gasteiger partial charge on any atom is -0.491 e. The highest BCUT2D eigenvalue weighted by molar-refractivity contribution is 7.10. The molecule has 7 heteroatoms. The van der Waals surface area contributed by atoms with E-state index in [0.717, 1.165) is 30.6 Å². The Kier molecular flexibility index (Phi) is 6.92. The lowest BCUT2D eigenvalue weighted by atomic mass is 10.0. The third-order valence-electron chi connectivity index (χ3n) is 5.97. The minimum atomic E-state index is -0.149. The number of amides is 2. The molecule has 0 N–H and O–H groups in total. The Morgan fingerprint density at radius 3 is 2.68 bits per heavy atom. The number of benzene rings is 1. The molecule has 166 valence electrons. The summed E-state index contributed by atoms with van der Waals surface area (Å²) in [5.41, 5.74) is 2.34. The number of carbonyl (C=O) groups is 2. The van der Waals surface area contributed by atoms with Crippen LogP contribution in [0.15, 0.2) is 35.7 Å². The predicted molar refractivity (Wildman–Crippen MR) is 120 cm³/mol. The zero-order valence-electron chi connectivity index (χ0n) is 18.2. The van der Waals surface area contributed by atoms with Crippen LogP contribution in [0.3, 0.4) is 0 Å². The van der Waals surface area contributed by atoms with E-state index in [1.54, 1.807) is 23.3 Å². The Morgan fingerprint density at radius 1 is 1.19 bits per heavy atom. The zero-order chi connectivity index (χ0) is 21.8. The van der Waals surface area contributed by atoms with E-state index in [4.69, 9.17) is 9.47 Å². The Labute approximate surface area is 187 Å². The molecule has 2 aliphatic rings. The van der Waals surface area contributed by atoms with Gasteiger partial charge in [0.05, 0.1) is 19.2 Å². The average Bonchev–Trinajstić information content (AvgIpc) is 3.52. The van der Waals surface area contributed by atoms with Gasteiger partial charge in [-0.3, -0.25) is 9.59 Å². The number of thiophene rings is 1. The quantitative estimate of drug-likeness (QED) is 0.597. The van der Waals surface area contributed by atoms with Gasteiger partial charge in [0.25, 0.3) is 0 Å². The lowest BCUT2D eigenvalue weighted by Crippen LogP contribution is -2.48. The second-order valence-electron chi connectivity index (χ2n) is 8.30. The van der Waals surface area contributed by atoms with E-state index in [9.17, 15) is 9.59 Å². The highest BCUT2D eigenvalue weighted by Gasteiger charge is 2.37. The van der Waals surface area contributed by atoms with Crippen molar-refractivity contribution in [1.29, 1.82) is 0 Å². The number of hydrogen-bond donors (Lipinski definition) is 0. The fourth-order valence-corrected chi connectivity index (χ4v) is 4.92. The monoisotopic (exact) mass is 442 g/mol. The number of hydrogen-bond acceptors (Lipinski definition) is 5. The Morgan fingerprint density at radius 2 is 1.97 bits per heavy atom. The molecule has 0 bridgehead atoms. The third kappa shape index (κ3) is 5.28. The van der Waals surface area contributed by atoms with Gasteiger partial charge in [-0.1, -0.05) is 17.7 Å². The fraction of sp³-hybridized carbons (Fsp3) is 0.500. The van der Waals surface area contributed by atoms with Crippen molar-refractivity contribution < 1.29 is 19.1 Å². The Hall–Kier alpha value is -2.38. The number of ether oxygens (including phenoxy) is 2. The maximum atomic E-state index is 13.4. The lowest BCUT2D eigenvalue weighted by molar-refractivity contribution is -0.143. The van der Waals surface area contributed by atoms with Gasteiger partial charge >= 0.3 is 0 Å². The summed E-state index contributed by atoms with van der Waals surface area (Å²) in [7, 11) is 1.61. The molecule has 1 atom stereocenters. The summed E-state index contributed by atoms with van der Waals surface area (Å²) in [4.78, 5) is 30.9. The molecule has 1 aromatic carbocycles. The minimum absolute atomic E-state index is 0.0283. The molecule has 1 aromatic heterocycles. The molecular weight excluding hydrogens is 412 g/mol. The molecule has 1 aliphatic carbocycles. The standard InChI is InChI=1S/C24H30N2O4S/c1-17-3-7-19(8-4-17)30-16-21-20-10-14-31-22(20)9-11-26(21)23(27)15-25(12-13-29-2)24(28)18-5-6-18/h3-4,7-8,10,14,18,21H,5-6,9,11-13,15-16H2,1-2H3. The van der Waals surface area contributed by atoms with Crippen molar-refractivity contribution in [3.8, 4) is 5.75 Å². The van der Waals surface area contributed by atoms with Gasteiger partial charge in [-0.2, -0.15) is 0 Å². The van der Waals surface area contributed by atoms with E-state index >= 15 is 0 Å². The van der Waals surface area contributed by atoms with Gasteiger partial charge < -0.3 is 19.3 Å². The van der Waals surface area contributed by atoms with Crippen molar-refractivity contribution in [1.82, 2.24) is 9.80 Å². The number of aryl methyl sites for hydroxylation is 1. The zero-order valence-corrected chi connectivity index (χ0v) is 19.0. The molecule has 1 saturated carbocycles. The van der Waals surface area contributed by atoms with Crippen molar-refractivity contribution >= 4 is 23.2 Å². The van der Waals surface area contributed by atoms with Crippen LogP contribution in [0.5, 0.6) is 5.75 Å². The molecule has 1 unspecified atom stereocenters. The third-order valence-corrected chi connectivity index (χ3v) is 6.97.